The molecule has 21 heavy (non-hydrogen) atoms. The highest BCUT2D eigenvalue weighted by atomic mass is 16.7. The maximum atomic E-state index is 11.9. The fourth-order valence-corrected chi connectivity index (χ4v) is 2.59. The summed E-state index contributed by atoms with van der Waals surface area (Å²) in [5.41, 5.74) is 0.928. The van der Waals surface area contributed by atoms with Crippen LogP contribution in [-0.2, 0) is 4.79 Å². The Labute approximate surface area is 124 Å². The van der Waals surface area contributed by atoms with Crippen molar-refractivity contribution in [3.05, 3.63) is 29.8 Å². The Morgan fingerprint density at radius 2 is 2.05 bits per heavy atom. The second-order valence-corrected chi connectivity index (χ2v) is 5.53. The number of likely N-dealkylation sites (tertiary alicyclic amines) is 1. The number of nitrogens with one attached hydrogen (secondary N) is 1. The lowest BCUT2D eigenvalue weighted by Crippen LogP contribution is -2.42. The minimum atomic E-state index is -0.0396. The summed E-state index contributed by atoms with van der Waals surface area (Å²) in [6.45, 7) is 2.34. The van der Waals surface area contributed by atoms with E-state index in [0.717, 1.165) is 43.0 Å². The molecule has 0 radical (unpaired) electrons. The highest BCUT2D eigenvalue weighted by Crippen LogP contribution is 2.32. The maximum absolute atomic E-state index is 11.9. The average molecular weight is 288 g/mol. The number of carbonyl (C=O) groups is 1. The van der Waals surface area contributed by atoms with Crippen LogP contribution in [0, 0.1) is 0 Å². The highest BCUT2D eigenvalue weighted by molar-refractivity contribution is 5.92. The molecule has 3 rings (SSSR count). The van der Waals surface area contributed by atoms with Gasteiger partial charge in [0.25, 0.3) is 0 Å². The molecular formula is C16H20N2O3. The van der Waals surface area contributed by atoms with Gasteiger partial charge in [0.15, 0.2) is 11.5 Å². The van der Waals surface area contributed by atoms with Crippen molar-refractivity contribution in [1.29, 1.82) is 0 Å². The molecular weight excluding hydrogens is 268 g/mol. The monoisotopic (exact) mass is 288 g/mol. The molecule has 0 saturated carbocycles. The first-order valence-electron chi connectivity index (χ1n) is 7.27. The second kappa shape index (κ2) is 6.18. The van der Waals surface area contributed by atoms with Crippen LogP contribution in [0.1, 0.15) is 18.4 Å². The quantitative estimate of drug-likeness (QED) is 0.859. The summed E-state index contributed by atoms with van der Waals surface area (Å²) in [6.07, 6.45) is 5.41. The number of piperidine rings is 1. The Balaban J connectivity index is 1.54. The van der Waals surface area contributed by atoms with Crippen molar-refractivity contribution in [2.45, 2.75) is 18.9 Å². The molecule has 0 bridgehead atoms. The van der Waals surface area contributed by atoms with Crippen molar-refractivity contribution in [1.82, 2.24) is 10.2 Å². The van der Waals surface area contributed by atoms with Crippen LogP contribution in [0.15, 0.2) is 24.3 Å². The molecule has 1 aromatic carbocycles. The average Bonchev–Trinajstić information content (AvgIpc) is 2.95. The predicted octanol–water partition coefficient (Wildman–Crippen LogP) is 1.64. The number of hydrogen-bond donors (Lipinski definition) is 1. The van der Waals surface area contributed by atoms with Gasteiger partial charge in [0.1, 0.15) is 0 Å². The zero-order chi connectivity index (χ0) is 14.7. The third kappa shape index (κ3) is 3.55. The standard InChI is InChI=1S/C16H20N2O3/c1-18-8-6-13(7-9-18)17-16(19)5-3-12-2-4-14-15(10-12)21-11-20-14/h2-5,10,13H,6-9,11H2,1H3,(H,17,19)/b5-3+. The van der Waals surface area contributed by atoms with Crippen LogP contribution in [0.5, 0.6) is 11.5 Å². The zero-order valence-corrected chi connectivity index (χ0v) is 12.2. The van der Waals surface area contributed by atoms with E-state index in [1.807, 2.05) is 18.2 Å². The van der Waals surface area contributed by atoms with Crippen LogP contribution in [0.2, 0.25) is 0 Å². The molecule has 5 nitrogen and oxygen atoms in total. The van der Waals surface area contributed by atoms with E-state index in [4.69, 9.17) is 9.47 Å². The molecule has 1 fully saturated rings. The minimum absolute atomic E-state index is 0.0396. The van der Waals surface area contributed by atoms with Gasteiger partial charge in [-0.15, -0.1) is 0 Å². The molecule has 0 spiro atoms. The van der Waals surface area contributed by atoms with Gasteiger partial charge in [-0.1, -0.05) is 6.07 Å². The lowest BCUT2D eigenvalue weighted by atomic mass is 10.1. The first kappa shape index (κ1) is 13.9. The van der Waals surface area contributed by atoms with Crippen molar-refractivity contribution in [3.8, 4) is 11.5 Å². The summed E-state index contributed by atoms with van der Waals surface area (Å²) in [7, 11) is 2.11. The fraction of sp³-hybridized carbons (Fsp3) is 0.438. The van der Waals surface area contributed by atoms with Crippen molar-refractivity contribution < 1.29 is 14.3 Å². The summed E-state index contributed by atoms with van der Waals surface area (Å²) in [6, 6.07) is 5.93. The van der Waals surface area contributed by atoms with Gasteiger partial charge in [0.2, 0.25) is 12.7 Å². The molecule has 1 aromatic rings. The van der Waals surface area contributed by atoms with E-state index in [1.54, 1.807) is 12.2 Å². The maximum Gasteiger partial charge on any atom is 0.244 e. The van der Waals surface area contributed by atoms with Gasteiger partial charge in [-0.25, -0.2) is 0 Å². The molecule has 112 valence electrons. The molecule has 0 aliphatic carbocycles. The first-order valence-corrected chi connectivity index (χ1v) is 7.27. The van der Waals surface area contributed by atoms with Gasteiger partial charge in [-0.3, -0.25) is 4.79 Å². The van der Waals surface area contributed by atoms with Crippen molar-refractivity contribution in [3.63, 3.8) is 0 Å². The number of amides is 1. The van der Waals surface area contributed by atoms with Gasteiger partial charge in [0.05, 0.1) is 0 Å². The summed E-state index contributed by atoms with van der Waals surface area (Å²) in [5, 5.41) is 3.05. The summed E-state index contributed by atoms with van der Waals surface area (Å²) >= 11 is 0. The van der Waals surface area contributed by atoms with Gasteiger partial charge < -0.3 is 19.7 Å². The number of carbonyl (C=O) groups excluding carboxylic acids is 1. The number of ether oxygens (including phenoxy) is 2. The predicted molar refractivity (Wildman–Crippen MR) is 80.3 cm³/mol. The van der Waals surface area contributed by atoms with E-state index < -0.39 is 0 Å². The van der Waals surface area contributed by atoms with E-state index in [-0.39, 0.29) is 18.7 Å². The number of rotatable bonds is 3. The Kier molecular flexibility index (Phi) is 4.10. The number of nitrogens with zero attached hydrogens (tertiary/aromatic N) is 1. The third-order valence-electron chi connectivity index (χ3n) is 3.89. The van der Waals surface area contributed by atoms with Gasteiger partial charge in [0, 0.05) is 12.1 Å². The summed E-state index contributed by atoms with van der Waals surface area (Å²) in [5.74, 6) is 1.44. The molecule has 0 unspecified atom stereocenters. The van der Waals surface area contributed by atoms with Crippen LogP contribution < -0.4 is 14.8 Å². The summed E-state index contributed by atoms with van der Waals surface area (Å²) in [4.78, 5) is 14.2. The Bertz CT molecular complexity index is 548. The lowest BCUT2D eigenvalue weighted by molar-refractivity contribution is -0.117. The van der Waals surface area contributed by atoms with E-state index in [0.29, 0.717) is 0 Å². The molecule has 5 heteroatoms. The normalized spacial score (nSPS) is 19.1. The van der Waals surface area contributed by atoms with Gasteiger partial charge >= 0.3 is 0 Å². The van der Waals surface area contributed by atoms with Crippen LogP contribution in [-0.4, -0.2) is 43.8 Å². The van der Waals surface area contributed by atoms with Gasteiger partial charge in [-0.2, -0.15) is 0 Å². The molecule has 1 amide bonds. The largest absolute Gasteiger partial charge is 0.454 e. The number of hydrogen-bond acceptors (Lipinski definition) is 4. The Morgan fingerprint density at radius 3 is 2.86 bits per heavy atom. The molecule has 0 atom stereocenters. The highest BCUT2D eigenvalue weighted by Gasteiger charge is 2.17. The molecule has 1 saturated heterocycles. The fourth-order valence-electron chi connectivity index (χ4n) is 2.59. The Morgan fingerprint density at radius 1 is 1.29 bits per heavy atom. The first-order chi connectivity index (χ1) is 10.2. The van der Waals surface area contributed by atoms with E-state index >= 15 is 0 Å². The molecule has 0 aromatic heterocycles. The zero-order valence-electron chi connectivity index (χ0n) is 12.2. The SMILES string of the molecule is CN1CCC(NC(=O)/C=C/c2ccc3c(c2)OCO3)CC1. The third-order valence-corrected chi connectivity index (χ3v) is 3.89. The van der Waals surface area contributed by atoms with E-state index in [2.05, 4.69) is 17.3 Å². The van der Waals surface area contributed by atoms with Crippen LogP contribution in [0.4, 0.5) is 0 Å². The van der Waals surface area contributed by atoms with Crippen molar-refractivity contribution >= 4 is 12.0 Å². The number of benzene rings is 1. The molecule has 2 aliphatic heterocycles. The summed E-state index contributed by atoms with van der Waals surface area (Å²) < 4.78 is 10.6. The molecule has 2 aliphatic rings. The molecule has 1 N–H and O–H groups in total. The van der Waals surface area contributed by atoms with Crippen LogP contribution in [0.3, 0.4) is 0 Å². The Hall–Kier alpha value is -2.01. The van der Waals surface area contributed by atoms with Crippen molar-refractivity contribution in [2.24, 2.45) is 0 Å². The van der Waals surface area contributed by atoms with Gasteiger partial charge in [-0.05, 0) is 56.8 Å². The van der Waals surface area contributed by atoms with E-state index in [9.17, 15) is 4.79 Å². The molecule has 2 heterocycles. The lowest BCUT2D eigenvalue weighted by Gasteiger charge is -2.29. The van der Waals surface area contributed by atoms with Crippen molar-refractivity contribution in [2.75, 3.05) is 26.9 Å². The smallest absolute Gasteiger partial charge is 0.244 e. The van der Waals surface area contributed by atoms with E-state index in [1.165, 1.54) is 0 Å². The van der Waals surface area contributed by atoms with Crippen LogP contribution in [0.25, 0.3) is 6.08 Å². The number of fused-ring (bicyclic) bond motifs is 1. The van der Waals surface area contributed by atoms with Crippen LogP contribution >= 0.6 is 0 Å². The minimum Gasteiger partial charge on any atom is -0.454 e. The topological polar surface area (TPSA) is 50.8 Å². The second-order valence-electron chi connectivity index (χ2n) is 5.53.